The van der Waals surface area contributed by atoms with E-state index < -0.39 is 23.8 Å². The molecular formula is C23H27F4N9O3. The number of pyridine rings is 1. The molecule has 1 saturated heterocycles. The lowest BCUT2D eigenvalue weighted by molar-refractivity contribution is -0.137. The fourth-order valence-electron chi connectivity index (χ4n) is 3.85. The Hall–Kier alpha value is -3.95. The molecule has 0 aromatic carbocycles. The lowest BCUT2D eigenvalue weighted by Gasteiger charge is -2.22. The molecule has 210 valence electrons. The highest BCUT2D eigenvalue weighted by atomic mass is 19.4. The second kappa shape index (κ2) is 12.7. The van der Waals surface area contributed by atoms with Gasteiger partial charge in [-0.3, -0.25) is 19.3 Å². The van der Waals surface area contributed by atoms with E-state index in [-0.39, 0.29) is 55.1 Å². The number of hydrogen-bond acceptors (Lipinski definition) is 8. The van der Waals surface area contributed by atoms with E-state index in [0.29, 0.717) is 13.2 Å². The predicted molar refractivity (Wildman–Crippen MR) is 126 cm³/mol. The molecule has 0 saturated carbocycles. The number of carbonyl (C=O) groups excluding carboxylic acids is 2. The van der Waals surface area contributed by atoms with Gasteiger partial charge in [-0.1, -0.05) is 10.4 Å². The van der Waals surface area contributed by atoms with Gasteiger partial charge < -0.3 is 15.4 Å². The number of hydrogen-bond donors (Lipinski definition) is 2. The minimum absolute atomic E-state index is 0.0132. The Bertz CT molecular complexity index is 1260. The molecule has 3 aromatic heterocycles. The summed E-state index contributed by atoms with van der Waals surface area (Å²) < 4.78 is 61.1. The lowest BCUT2D eigenvalue weighted by atomic mass is 10.1. The summed E-state index contributed by atoms with van der Waals surface area (Å²) >= 11 is 0. The molecule has 2 unspecified atom stereocenters. The van der Waals surface area contributed by atoms with Crippen molar-refractivity contribution < 1.29 is 31.9 Å². The number of alkyl halides is 4. The zero-order valence-electron chi connectivity index (χ0n) is 20.8. The summed E-state index contributed by atoms with van der Waals surface area (Å²) in [6, 6.07) is 1.67. The minimum Gasteiger partial charge on any atom is -0.376 e. The first-order chi connectivity index (χ1) is 18.7. The van der Waals surface area contributed by atoms with Crippen molar-refractivity contribution in [1.82, 2.24) is 45.6 Å². The van der Waals surface area contributed by atoms with Crippen molar-refractivity contribution in [2.75, 3.05) is 13.2 Å². The Morgan fingerprint density at radius 3 is 2.51 bits per heavy atom. The molecule has 0 aliphatic carbocycles. The second-order valence-electron chi connectivity index (χ2n) is 8.99. The third-order valence-electron chi connectivity index (χ3n) is 5.94. The number of amides is 2. The molecule has 1 aliphatic rings. The average molecular weight is 554 g/mol. The number of carbonyl (C=O) groups is 2. The van der Waals surface area contributed by atoms with Gasteiger partial charge in [0.05, 0.1) is 42.8 Å². The van der Waals surface area contributed by atoms with Crippen LogP contribution in [0.4, 0.5) is 17.6 Å². The highest BCUT2D eigenvalue weighted by molar-refractivity contribution is 5.92. The van der Waals surface area contributed by atoms with Gasteiger partial charge in [-0.05, 0) is 31.4 Å². The van der Waals surface area contributed by atoms with E-state index in [2.05, 4.69) is 36.2 Å². The maximum atomic E-state index is 14.5. The maximum Gasteiger partial charge on any atom is 0.416 e. The van der Waals surface area contributed by atoms with Crippen molar-refractivity contribution in [1.29, 1.82) is 0 Å². The summed E-state index contributed by atoms with van der Waals surface area (Å²) in [6.07, 6.45) is 0.756. The summed E-state index contributed by atoms with van der Waals surface area (Å²) in [6.45, 7) is 0.773. The molecule has 1 fully saturated rings. The molecule has 0 bridgehead atoms. The largest absolute Gasteiger partial charge is 0.416 e. The molecule has 0 spiro atoms. The maximum absolute atomic E-state index is 14.5. The number of nitrogens with zero attached hydrogens (tertiary/aromatic N) is 7. The van der Waals surface area contributed by atoms with Gasteiger partial charge in [-0.15, -0.1) is 10.2 Å². The van der Waals surface area contributed by atoms with E-state index in [9.17, 15) is 27.2 Å². The van der Waals surface area contributed by atoms with Crippen molar-refractivity contribution in [3.05, 3.63) is 53.4 Å². The summed E-state index contributed by atoms with van der Waals surface area (Å²) in [4.78, 5) is 28.3. The number of aromatic nitrogens is 7. The van der Waals surface area contributed by atoms with Crippen LogP contribution >= 0.6 is 0 Å². The fraction of sp³-hybridized carbons (Fsp3) is 0.522. The lowest BCUT2D eigenvalue weighted by Crippen LogP contribution is -2.35. The van der Waals surface area contributed by atoms with Crippen LogP contribution in [0.2, 0.25) is 0 Å². The Labute approximate surface area is 220 Å². The number of halogens is 4. The van der Waals surface area contributed by atoms with Crippen LogP contribution in [-0.2, 0) is 30.5 Å². The first-order valence-corrected chi connectivity index (χ1v) is 12.3. The Morgan fingerprint density at radius 1 is 1.08 bits per heavy atom. The monoisotopic (exact) mass is 553 g/mol. The van der Waals surface area contributed by atoms with E-state index in [1.165, 1.54) is 17.1 Å². The first kappa shape index (κ1) is 28.1. The van der Waals surface area contributed by atoms with E-state index in [0.717, 1.165) is 42.3 Å². The minimum atomic E-state index is -4.53. The molecule has 2 amide bonds. The smallest absolute Gasteiger partial charge is 0.376 e. The molecular weight excluding hydrogens is 526 g/mol. The van der Waals surface area contributed by atoms with Gasteiger partial charge in [0.2, 0.25) is 0 Å². The summed E-state index contributed by atoms with van der Waals surface area (Å²) in [5.74, 6) is -1.08. The average Bonchev–Trinajstić information content (AvgIpc) is 3.60. The van der Waals surface area contributed by atoms with Crippen LogP contribution in [-0.4, -0.2) is 72.2 Å². The highest BCUT2D eigenvalue weighted by Crippen LogP contribution is 2.29. The Kier molecular flexibility index (Phi) is 9.16. The van der Waals surface area contributed by atoms with Gasteiger partial charge in [0.25, 0.3) is 11.8 Å². The topological polar surface area (TPSA) is 142 Å². The number of nitrogens with one attached hydrogen (secondary N) is 2. The zero-order valence-corrected chi connectivity index (χ0v) is 20.8. The molecule has 39 heavy (non-hydrogen) atoms. The third kappa shape index (κ3) is 8.27. The SMILES string of the molecule is O=C(NCC1CCCCO1)c1cn(CCC(F)Cn2cc(C(=O)NCc3cc(C(F)(F)F)ccn3)nn2)nn1. The molecule has 2 atom stereocenters. The summed E-state index contributed by atoms with van der Waals surface area (Å²) in [5, 5.41) is 20.3. The van der Waals surface area contributed by atoms with Crippen molar-refractivity contribution in [2.24, 2.45) is 0 Å². The number of aryl methyl sites for hydroxylation is 1. The zero-order chi connectivity index (χ0) is 27.8. The number of ether oxygens (including phenoxy) is 1. The van der Waals surface area contributed by atoms with Crippen molar-refractivity contribution in [3.8, 4) is 0 Å². The van der Waals surface area contributed by atoms with Gasteiger partial charge in [-0.25, -0.2) is 9.07 Å². The van der Waals surface area contributed by atoms with Crippen LogP contribution in [0.15, 0.2) is 30.7 Å². The van der Waals surface area contributed by atoms with Gasteiger partial charge in [0, 0.05) is 32.3 Å². The van der Waals surface area contributed by atoms with Crippen molar-refractivity contribution in [2.45, 2.75) is 63.8 Å². The molecule has 4 rings (SSSR count). The van der Waals surface area contributed by atoms with Gasteiger partial charge in [0.1, 0.15) is 6.17 Å². The molecule has 3 aromatic rings. The van der Waals surface area contributed by atoms with Crippen molar-refractivity contribution >= 4 is 11.8 Å². The van der Waals surface area contributed by atoms with E-state index in [1.54, 1.807) is 0 Å². The van der Waals surface area contributed by atoms with Crippen LogP contribution in [0.3, 0.4) is 0 Å². The Balaban J connectivity index is 1.19. The molecule has 0 radical (unpaired) electrons. The van der Waals surface area contributed by atoms with E-state index in [4.69, 9.17) is 4.74 Å². The Morgan fingerprint density at radius 2 is 1.79 bits per heavy atom. The first-order valence-electron chi connectivity index (χ1n) is 12.3. The molecule has 16 heteroatoms. The van der Waals surface area contributed by atoms with Crippen LogP contribution in [0.1, 0.15) is 57.9 Å². The third-order valence-corrected chi connectivity index (χ3v) is 5.94. The summed E-state index contributed by atoms with van der Waals surface area (Å²) in [7, 11) is 0. The van der Waals surface area contributed by atoms with Gasteiger partial charge in [-0.2, -0.15) is 13.2 Å². The van der Waals surface area contributed by atoms with E-state index >= 15 is 0 Å². The highest BCUT2D eigenvalue weighted by Gasteiger charge is 2.30. The fourth-order valence-corrected chi connectivity index (χ4v) is 3.85. The van der Waals surface area contributed by atoms with Gasteiger partial charge in [0.15, 0.2) is 11.4 Å². The van der Waals surface area contributed by atoms with Crippen molar-refractivity contribution in [3.63, 3.8) is 0 Å². The predicted octanol–water partition coefficient (Wildman–Crippen LogP) is 1.94. The molecule has 12 nitrogen and oxygen atoms in total. The molecule has 2 N–H and O–H groups in total. The van der Waals surface area contributed by atoms with Crippen LogP contribution < -0.4 is 10.6 Å². The molecule has 4 heterocycles. The van der Waals surface area contributed by atoms with E-state index in [1.807, 2.05) is 0 Å². The second-order valence-corrected chi connectivity index (χ2v) is 8.99. The van der Waals surface area contributed by atoms with Crippen LogP contribution in [0, 0.1) is 0 Å². The summed E-state index contributed by atoms with van der Waals surface area (Å²) in [5.41, 5.74) is -0.869. The number of rotatable bonds is 11. The van der Waals surface area contributed by atoms with Crippen LogP contribution in [0.25, 0.3) is 0 Å². The molecule has 1 aliphatic heterocycles. The standard InChI is InChI=1S/C23H27F4N9O3/c24-16(5-7-35-13-19(31-33-35)22(38)30-11-18-3-1-2-8-39-18)12-36-14-20(32-34-36)21(37)29-10-17-9-15(4-6-28-17)23(25,26)27/h4,6,9,13-14,16,18H,1-3,5,7-8,10-12H2,(H,29,37)(H,30,38). The quantitative estimate of drug-likeness (QED) is 0.343. The van der Waals surface area contributed by atoms with Gasteiger partial charge >= 0.3 is 6.18 Å². The normalized spacial score (nSPS) is 16.6. The van der Waals surface area contributed by atoms with Crippen LogP contribution in [0.5, 0.6) is 0 Å².